The molecule has 34 heavy (non-hydrogen) atoms. The maximum Gasteiger partial charge on any atom is 0.425 e. The van der Waals surface area contributed by atoms with Gasteiger partial charge in [0.25, 0.3) is 6.43 Å². The summed E-state index contributed by atoms with van der Waals surface area (Å²) in [5.74, 6) is 0.883. The zero-order valence-electron chi connectivity index (χ0n) is 20.7. The van der Waals surface area contributed by atoms with Crippen molar-refractivity contribution in [3.05, 3.63) is 29.8 Å². The van der Waals surface area contributed by atoms with E-state index >= 15 is 0 Å². The maximum atomic E-state index is 12.1. The van der Waals surface area contributed by atoms with Gasteiger partial charge in [0.1, 0.15) is 18.1 Å². The Labute approximate surface area is 200 Å². The minimum absolute atomic E-state index is 0.144. The third kappa shape index (κ3) is 11.2. The fourth-order valence-corrected chi connectivity index (χ4v) is 4.10. The van der Waals surface area contributed by atoms with E-state index in [9.17, 15) is 26.7 Å². The average Bonchev–Trinajstić information content (AvgIpc) is 2.76. The number of unbranched alkanes of at least 4 members (excludes halogenated alkanes) is 2. The van der Waals surface area contributed by atoms with Crippen molar-refractivity contribution in [1.29, 1.82) is 0 Å². The Morgan fingerprint density at radius 3 is 2.18 bits per heavy atom. The number of Topliss-reactive ketones (excluding diaryl/α,β-unsaturated/α-hetero) is 1. The Kier molecular flexibility index (Phi) is 13.1. The van der Waals surface area contributed by atoms with Crippen LogP contribution in [0.3, 0.4) is 0 Å². The minimum atomic E-state index is -4.31. The molecule has 8 heteroatoms. The molecule has 1 aromatic rings. The second-order valence-corrected chi connectivity index (χ2v) is 9.28. The number of ether oxygens (including phenoxy) is 2. The van der Waals surface area contributed by atoms with E-state index in [2.05, 4.69) is 6.92 Å². The van der Waals surface area contributed by atoms with Gasteiger partial charge in [-0.25, -0.2) is 8.78 Å². The zero-order valence-corrected chi connectivity index (χ0v) is 20.7. The summed E-state index contributed by atoms with van der Waals surface area (Å²) in [5, 5.41) is 0. The lowest BCUT2D eigenvalue weighted by molar-refractivity contribution is -0.189. The van der Waals surface area contributed by atoms with Crippen molar-refractivity contribution in [3.8, 4) is 5.75 Å². The van der Waals surface area contributed by atoms with Crippen LogP contribution in [0.1, 0.15) is 77.7 Å². The number of aryl methyl sites for hydroxylation is 1. The highest BCUT2D eigenvalue weighted by atomic mass is 19.4. The number of ketones is 1. The molecular weight excluding hydrogens is 455 g/mol. The van der Waals surface area contributed by atoms with Crippen molar-refractivity contribution in [3.63, 3.8) is 0 Å². The molecule has 1 unspecified atom stereocenters. The molecule has 1 aliphatic rings. The molecule has 1 aromatic carbocycles. The number of benzene rings is 1. The van der Waals surface area contributed by atoms with Crippen molar-refractivity contribution in [1.82, 2.24) is 0 Å². The molecule has 1 atom stereocenters. The van der Waals surface area contributed by atoms with Gasteiger partial charge in [0.15, 0.2) is 6.10 Å². The van der Waals surface area contributed by atoms with E-state index in [4.69, 9.17) is 9.47 Å². The summed E-state index contributed by atoms with van der Waals surface area (Å²) in [4.78, 5) is 12.0. The van der Waals surface area contributed by atoms with Crippen LogP contribution in [0.5, 0.6) is 5.75 Å². The first kappa shape index (κ1) is 30.3. The molecule has 196 valence electrons. The van der Waals surface area contributed by atoms with Gasteiger partial charge in [-0.2, -0.15) is 13.2 Å². The van der Waals surface area contributed by atoms with Crippen LogP contribution in [0.4, 0.5) is 22.0 Å². The van der Waals surface area contributed by atoms with Crippen LogP contribution in [0, 0.1) is 18.3 Å². The number of rotatable bonds is 11. The predicted molar refractivity (Wildman–Crippen MR) is 123 cm³/mol. The molecule has 0 amide bonds. The maximum absolute atomic E-state index is 12.1. The summed E-state index contributed by atoms with van der Waals surface area (Å²) in [7, 11) is 0. The number of halogens is 5. The molecule has 0 aliphatic heterocycles. The first-order chi connectivity index (χ1) is 15.9. The Morgan fingerprint density at radius 2 is 1.71 bits per heavy atom. The molecule has 0 saturated heterocycles. The lowest BCUT2D eigenvalue weighted by atomic mass is 9.66. The number of hydrogen-bond donors (Lipinski definition) is 0. The number of hydrogen-bond acceptors (Lipinski definition) is 3. The molecule has 0 radical (unpaired) electrons. The second kappa shape index (κ2) is 14.6. The second-order valence-electron chi connectivity index (χ2n) is 9.28. The highest BCUT2D eigenvalue weighted by Crippen LogP contribution is 2.43. The van der Waals surface area contributed by atoms with Crippen molar-refractivity contribution < 1.29 is 36.2 Å². The molecule has 0 N–H and O–H groups in total. The van der Waals surface area contributed by atoms with E-state index in [0.29, 0.717) is 18.3 Å². The normalized spacial score (nSPS) is 21.5. The standard InChI is InChI=1S/C16H28F2O2.C10H11F3O/c1-3-4-5-8-16(13(2)19)9-6-14(7-10-16)11-20-12-15(17)18;1-7-3-5-9(6-4-7)14-8(2)10(11,12)13/h14-15H,3-12H2,1-2H3;3-6,8H,1-2H3. The van der Waals surface area contributed by atoms with E-state index in [1.165, 1.54) is 18.6 Å². The molecule has 2 rings (SSSR count). The van der Waals surface area contributed by atoms with Gasteiger partial charge in [0, 0.05) is 12.0 Å². The SMILES string of the molecule is CCCCCC1(C(C)=O)CCC(COCC(F)F)CC1.Cc1ccc(OC(C)C(F)(F)F)cc1. The first-order valence-corrected chi connectivity index (χ1v) is 12.1. The lowest BCUT2D eigenvalue weighted by Gasteiger charge is -2.38. The minimum Gasteiger partial charge on any atom is -0.481 e. The molecule has 3 nitrogen and oxygen atoms in total. The molecular formula is C26H39F5O3. The van der Waals surface area contributed by atoms with Gasteiger partial charge in [-0.05, 0) is 70.9 Å². The summed E-state index contributed by atoms with van der Waals surface area (Å²) in [6, 6.07) is 6.46. The Bertz CT molecular complexity index is 695. The molecule has 1 saturated carbocycles. The molecule has 1 fully saturated rings. The van der Waals surface area contributed by atoms with Crippen molar-refractivity contribution in [2.75, 3.05) is 13.2 Å². The van der Waals surface area contributed by atoms with Crippen molar-refractivity contribution in [2.24, 2.45) is 11.3 Å². The third-order valence-corrected chi connectivity index (χ3v) is 6.46. The van der Waals surface area contributed by atoms with Crippen molar-refractivity contribution >= 4 is 5.78 Å². The highest BCUT2D eigenvalue weighted by molar-refractivity contribution is 5.82. The van der Waals surface area contributed by atoms with Crippen LogP contribution in [-0.4, -0.2) is 37.7 Å². The van der Waals surface area contributed by atoms with E-state index in [1.54, 1.807) is 19.1 Å². The van der Waals surface area contributed by atoms with Crippen LogP contribution in [0.25, 0.3) is 0 Å². The van der Waals surface area contributed by atoms with Gasteiger partial charge in [0.05, 0.1) is 0 Å². The van der Waals surface area contributed by atoms with Crippen LogP contribution in [-0.2, 0) is 9.53 Å². The van der Waals surface area contributed by atoms with Gasteiger partial charge >= 0.3 is 6.18 Å². The topological polar surface area (TPSA) is 35.5 Å². The van der Waals surface area contributed by atoms with Crippen LogP contribution < -0.4 is 4.74 Å². The molecule has 0 spiro atoms. The fraction of sp³-hybridized carbons (Fsp3) is 0.731. The monoisotopic (exact) mass is 494 g/mol. The van der Waals surface area contributed by atoms with E-state index < -0.39 is 25.3 Å². The molecule has 1 aliphatic carbocycles. The molecule has 0 bridgehead atoms. The average molecular weight is 495 g/mol. The summed E-state index contributed by atoms with van der Waals surface area (Å²) >= 11 is 0. The van der Waals surface area contributed by atoms with Crippen LogP contribution in [0.2, 0.25) is 0 Å². The first-order valence-electron chi connectivity index (χ1n) is 12.1. The number of carbonyl (C=O) groups is 1. The van der Waals surface area contributed by atoms with E-state index in [0.717, 1.165) is 57.4 Å². The van der Waals surface area contributed by atoms with E-state index in [1.807, 2.05) is 6.92 Å². The third-order valence-electron chi connectivity index (χ3n) is 6.46. The van der Waals surface area contributed by atoms with E-state index in [-0.39, 0.29) is 11.2 Å². The molecule has 0 heterocycles. The van der Waals surface area contributed by atoms with Crippen LogP contribution >= 0.6 is 0 Å². The summed E-state index contributed by atoms with van der Waals surface area (Å²) in [6.07, 6.45) is -0.385. The molecule has 0 aromatic heterocycles. The fourth-order valence-electron chi connectivity index (χ4n) is 4.10. The Hall–Kier alpha value is -1.70. The zero-order chi connectivity index (χ0) is 25.8. The van der Waals surface area contributed by atoms with Gasteiger partial charge in [-0.1, -0.05) is 43.9 Å². The van der Waals surface area contributed by atoms with Gasteiger partial charge in [-0.15, -0.1) is 0 Å². The number of carbonyl (C=O) groups excluding carboxylic acids is 1. The number of alkyl halides is 5. The summed E-state index contributed by atoms with van der Waals surface area (Å²) in [6.45, 7) is 6.66. The summed E-state index contributed by atoms with van der Waals surface area (Å²) < 4.78 is 70.0. The predicted octanol–water partition coefficient (Wildman–Crippen LogP) is 7.94. The van der Waals surface area contributed by atoms with Gasteiger partial charge in [-0.3, -0.25) is 4.79 Å². The Balaban J connectivity index is 0.000000362. The van der Waals surface area contributed by atoms with Gasteiger partial charge in [0.2, 0.25) is 0 Å². The largest absolute Gasteiger partial charge is 0.481 e. The Morgan fingerprint density at radius 1 is 1.12 bits per heavy atom. The smallest absolute Gasteiger partial charge is 0.425 e. The highest BCUT2D eigenvalue weighted by Gasteiger charge is 2.39. The van der Waals surface area contributed by atoms with Crippen LogP contribution in [0.15, 0.2) is 24.3 Å². The lowest BCUT2D eigenvalue weighted by Crippen LogP contribution is -2.35. The van der Waals surface area contributed by atoms with Crippen molar-refractivity contribution in [2.45, 2.75) is 97.8 Å². The quantitative estimate of drug-likeness (QED) is 0.231. The summed E-state index contributed by atoms with van der Waals surface area (Å²) in [5.41, 5.74) is 0.839. The van der Waals surface area contributed by atoms with Gasteiger partial charge < -0.3 is 9.47 Å².